The quantitative estimate of drug-likeness (QED) is 0.723. The highest BCUT2D eigenvalue weighted by Crippen LogP contribution is 2.38. The maximum absolute atomic E-state index is 12.5. The normalized spacial score (nSPS) is 11.5. The summed E-state index contributed by atoms with van der Waals surface area (Å²) in [6.07, 6.45) is -1.02. The zero-order chi connectivity index (χ0) is 21.0. The van der Waals surface area contributed by atoms with E-state index in [0.29, 0.717) is 28.6 Å². The lowest BCUT2D eigenvalue weighted by Gasteiger charge is -2.16. The smallest absolute Gasteiger partial charge is 0.339 e. The minimum absolute atomic E-state index is 0.169. The Bertz CT molecular complexity index is 865. The molecule has 152 valence electrons. The van der Waals surface area contributed by atoms with Crippen molar-refractivity contribution in [2.24, 2.45) is 7.05 Å². The number of esters is 1. The number of ether oxygens (including phenoxy) is 4. The van der Waals surface area contributed by atoms with Crippen LogP contribution in [0.4, 0.5) is 5.69 Å². The van der Waals surface area contributed by atoms with E-state index in [1.807, 2.05) is 6.92 Å². The Hall–Kier alpha value is -3.23. The Morgan fingerprint density at radius 3 is 2.07 bits per heavy atom. The van der Waals surface area contributed by atoms with Gasteiger partial charge in [-0.05, 0) is 32.9 Å². The zero-order valence-electron chi connectivity index (χ0n) is 17.1. The van der Waals surface area contributed by atoms with Crippen molar-refractivity contribution in [3.63, 3.8) is 0 Å². The number of amides is 1. The van der Waals surface area contributed by atoms with E-state index in [-0.39, 0.29) is 5.56 Å². The minimum Gasteiger partial charge on any atom is -0.493 e. The summed E-state index contributed by atoms with van der Waals surface area (Å²) in [5.74, 6) is -0.170. The number of rotatable bonds is 7. The molecule has 0 spiro atoms. The second-order valence-corrected chi connectivity index (χ2v) is 6.12. The average molecular weight is 391 g/mol. The molecule has 9 nitrogen and oxygen atoms in total. The van der Waals surface area contributed by atoms with E-state index in [4.69, 9.17) is 18.9 Å². The van der Waals surface area contributed by atoms with Crippen LogP contribution in [0, 0.1) is 13.8 Å². The molecule has 0 saturated carbocycles. The van der Waals surface area contributed by atoms with Crippen molar-refractivity contribution in [1.29, 1.82) is 0 Å². The van der Waals surface area contributed by atoms with Crippen molar-refractivity contribution < 1.29 is 28.5 Å². The Kier molecular flexibility index (Phi) is 6.50. The van der Waals surface area contributed by atoms with E-state index in [0.717, 1.165) is 5.69 Å². The van der Waals surface area contributed by atoms with Gasteiger partial charge in [-0.15, -0.1) is 0 Å². The number of hydrogen-bond acceptors (Lipinski definition) is 7. The first-order chi connectivity index (χ1) is 13.2. The molecule has 1 atom stereocenters. The van der Waals surface area contributed by atoms with Gasteiger partial charge in [0.25, 0.3) is 5.91 Å². The second kappa shape index (κ2) is 8.64. The minimum atomic E-state index is -1.02. The monoisotopic (exact) mass is 391 g/mol. The number of nitrogens with zero attached hydrogens (tertiary/aromatic N) is 2. The molecular formula is C19H25N3O6. The van der Waals surface area contributed by atoms with Crippen LogP contribution in [0.2, 0.25) is 0 Å². The molecule has 1 amide bonds. The standard InChI is InChI=1S/C19H25N3O6/c1-10-16(11(2)22(4)21-10)20-18(23)12(3)28-19(24)13-8-14(25-5)17(27-7)15(9-13)26-6/h8-9,12H,1-7H3,(H,20,23)/t12-/m0/s1. The van der Waals surface area contributed by atoms with E-state index in [9.17, 15) is 9.59 Å². The summed E-state index contributed by atoms with van der Waals surface area (Å²) in [6.45, 7) is 5.11. The van der Waals surface area contributed by atoms with Gasteiger partial charge in [-0.3, -0.25) is 9.48 Å². The molecule has 2 aromatic rings. The molecule has 0 aliphatic carbocycles. The van der Waals surface area contributed by atoms with Gasteiger partial charge in [-0.2, -0.15) is 5.10 Å². The first-order valence-corrected chi connectivity index (χ1v) is 8.55. The Labute approximate surface area is 163 Å². The lowest BCUT2D eigenvalue weighted by molar-refractivity contribution is -0.123. The third kappa shape index (κ3) is 4.19. The van der Waals surface area contributed by atoms with Crippen LogP contribution < -0.4 is 19.5 Å². The van der Waals surface area contributed by atoms with Gasteiger partial charge in [0.2, 0.25) is 5.75 Å². The third-order valence-corrected chi connectivity index (χ3v) is 4.31. The van der Waals surface area contributed by atoms with Crippen molar-refractivity contribution in [2.45, 2.75) is 26.9 Å². The number of aromatic nitrogens is 2. The predicted octanol–water partition coefficient (Wildman–Crippen LogP) is 2.25. The fourth-order valence-electron chi connectivity index (χ4n) is 2.66. The van der Waals surface area contributed by atoms with Crippen LogP contribution in [0.15, 0.2) is 12.1 Å². The maximum Gasteiger partial charge on any atom is 0.339 e. The fraction of sp³-hybridized carbons (Fsp3) is 0.421. The van der Waals surface area contributed by atoms with Gasteiger partial charge in [-0.25, -0.2) is 4.79 Å². The molecule has 1 aromatic carbocycles. The predicted molar refractivity (Wildman–Crippen MR) is 102 cm³/mol. The van der Waals surface area contributed by atoms with Crippen molar-refractivity contribution in [3.05, 3.63) is 29.1 Å². The van der Waals surface area contributed by atoms with Crippen LogP contribution in [0.1, 0.15) is 28.7 Å². The highest BCUT2D eigenvalue weighted by Gasteiger charge is 2.23. The summed E-state index contributed by atoms with van der Waals surface area (Å²) < 4.78 is 22.6. The Morgan fingerprint density at radius 1 is 1.07 bits per heavy atom. The van der Waals surface area contributed by atoms with Crippen molar-refractivity contribution in [1.82, 2.24) is 9.78 Å². The summed E-state index contributed by atoms with van der Waals surface area (Å²) >= 11 is 0. The summed E-state index contributed by atoms with van der Waals surface area (Å²) in [7, 11) is 6.14. The summed E-state index contributed by atoms with van der Waals surface area (Å²) in [5.41, 5.74) is 2.25. The summed E-state index contributed by atoms with van der Waals surface area (Å²) in [6, 6.07) is 2.92. The SMILES string of the molecule is COc1cc(C(=O)O[C@@H](C)C(=O)Nc2c(C)nn(C)c2C)cc(OC)c1OC. The maximum atomic E-state index is 12.5. The third-order valence-electron chi connectivity index (χ3n) is 4.31. The first-order valence-electron chi connectivity index (χ1n) is 8.55. The van der Waals surface area contributed by atoms with Gasteiger partial charge in [0.15, 0.2) is 17.6 Å². The Balaban J connectivity index is 2.16. The van der Waals surface area contributed by atoms with Gasteiger partial charge >= 0.3 is 5.97 Å². The van der Waals surface area contributed by atoms with E-state index in [1.165, 1.54) is 40.4 Å². The van der Waals surface area contributed by atoms with E-state index in [2.05, 4.69) is 10.4 Å². The highest BCUT2D eigenvalue weighted by molar-refractivity contribution is 5.98. The van der Waals surface area contributed by atoms with Gasteiger partial charge in [-0.1, -0.05) is 0 Å². The van der Waals surface area contributed by atoms with Crippen LogP contribution >= 0.6 is 0 Å². The number of hydrogen-bond donors (Lipinski definition) is 1. The summed E-state index contributed by atoms with van der Waals surface area (Å²) in [4.78, 5) is 25.0. The zero-order valence-corrected chi connectivity index (χ0v) is 17.1. The number of carbonyl (C=O) groups is 2. The van der Waals surface area contributed by atoms with Crippen LogP contribution in [-0.4, -0.2) is 49.1 Å². The van der Waals surface area contributed by atoms with Crippen molar-refractivity contribution >= 4 is 17.6 Å². The molecule has 2 rings (SSSR count). The van der Waals surface area contributed by atoms with E-state index >= 15 is 0 Å². The average Bonchev–Trinajstić information content (AvgIpc) is 2.92. The highest BCUT2D eigenvalue weighted by atomic mass is 16.5. The summed E-state index contributed by atoms with van der Waals surface area (Å²) in [5, 5.41) is 6.99. The fourth-order valence-corrected chi connectivity index (χ4v) is 2.66. The number of anilines is 1. The molecule has 0 fully saturated rings. The molecule has 1 heterocycles. The lowest BCUT2D eigenvalue weighted by atomic mass is 10.2. The number of carbonyl (C=O) groups excluding carboxylic acids is 2. The molecule has 1 N–H and O–H groups in total. The molecule has 0 radical (unpaired) electrons. The molecule has 0 bridgehead atoms. The topological polar surface area (TPSA) is 101 Å². The Morgan fingerprint density at radius 2 is 1.64 bits per heavy atom. The largest absolute Gasteiger partial charge is 0.493 e. The van der Waals surface area contributed by atoms with Crippen LogP contribution in [0.25, 0.3) is 0 Å². The second-order valence-electron chi connectivity index (χ2n) is 6.12. The van der Waals surface area contributed by atoms with Gasteiger partial charge < -0.3 is 24.3 Å². The van der Waals surface area contributed by atoms with Gasteiger partial charge in [0.1, 0.15) is 0 Å². The number of aryl methyl sites for hydroxylation is 2. The molecule has 0 aliphatic heterocycles. The molecule has 0 unspecified atom stereocenters. The number of benzene rings is 1. The molecule has 9 heteroatoms. The molecule has 0 saturated heterocycles. The molecule has 1 aromatic heterocycles. The van der Waals surface area contributed by atoms with E-state index < -0.39 is 18.0 Å². The molecule has 0 aliphatic rings. The van der Waals surface area contributed by atoms with E-state index in [1.54, 1.807) is 18.7 Å². The number of nitrogens with one attached hydrogen (secondary N) is 1. The van der Waals surface area contributed by atoms with Gasteiger partial charge in [0, 0.05) is 7.05 Å². The van der Waals surface area contributed by atoms with Crippen molar-refractivity contribution in [2.75, 3.05) is 26.6 Å². The molecular weight excluding hydrogens is 366 g/mol. The lowest BCUT2D eigenvalue weighted by Crippen LogP contribution is -2.30. The van der Waals surface area contributed by atoms with Gasteiger partial charge in [0.05, 0.1) is 44.0 Å². The van der Waals surface area contributed by atoms with Crippen LogP contribution in [-0.2, 0) is 16.6 Å². The molecule has 28 heavy (non-hydrogen) atoms. The van der Waals surface area contributed by atoms with Crippen molar-refractivity contribution in [3.8, 4) is 17.2 Å². The van der Waals surface area contributed by atoms with Crippen LogP contribution in [0.5, 0.6) is 17.2 Å². The van der Waals surface area contributed by atoms with Crippen LogP contribution in [0.3, 0.4) is 0 Å². The number of methoxy groups -OCH3 is 3. The first kappa shape index (κ1) is 21.1.